The molecule has 0 aromatic heterocycles. The lowest BCUT2D eigenvalue weighted by Crippen LogP contribution is -2.06. The molecule has 0 radical (unpaired) electrons. The lowest BCUT2D eigenvalue weighted by atomic mass is 10.0. The van der Waals surface area contributed by atoms with E-state index in [0.29, 0.717) is 23.3 Å². The van der Waals surface area contributed by atoms with E-state index in [0.717, 1.165) is 11.1 Å². The van der Waals surface area contributed by atoms with E-state index >= 15 is 0 Å². The fourth-order valence-corrected chi connectivity index (χ4v) is 2.93. The summed E-state index contributed by atoms with van der Waals surface area (Å²) in [7, 11) is -1.83. The summed E-state index contributed by atoms with van der Waals surface area (Å²) in [6, 6.07) is 16.3. The maximum Gasteiger partial charge on any atom is 0.333 e. The molecule has 0 amide bonds. The Labute approximate surface area is 142 Å². The van der Waals surface area contributed by atoms with Crippen molar-refractivity contribution >= 4 is 21.9 Å². The van der Waals surface area contributed by atoms with Gasteiger partial charge in [-0.15, -0.1) is 0 Å². The molecule has 126 valence electrons. The van der Waals surface area contributed by atoms with Crippen LogP contribution < -0.4 is 0 Å². The molecule has 2 aromatic rings. The minimum absolute atomic E-state index is 0.291. The van der Waals surface area contributed by atoms with Gasteiger partial charge in [0.25, 0.3) is 0 Å². The molecule has 0 saturated carbocycles. The van der Waals surface area contributed by atoms with Gasteiger partial charge in [0.15, 0.2) is 9.84 Å². The van der Waals surface area contributed by atoms with Gasteiger partial charge in [0.1, 0.15) is 0 Å². The standard InChI is InChI=1S/C19H20O4S/c1-23-19(20)17(14-16-6-4-3-5-7-16)11-8-15-9-12-18(13-10-15)24(2,21)22/h3-7,9-10,12-14H,8,11H2,1-2H3/b17-14-. The number of sulfone groups is 1. The average Bonchev–Trinajstić information content (AvgIpc) is 2.58. The maximum atomic E-state index is 12.0. The average molecular weight is 344 g/mol. The highest BCUT2D eigenvalue weighted by atomic mass is 32.2. The highest BCUT2D eigenvalue weighted by Gasteiger charge is 2.11. The van der Waals surface area contributed by atoms with Crippen molar-refractivity contribution in [3.05, 3.63) is 71.3 Å². The molecule has 0 aliphatic rings. The molecule has 5 heteroatoms. The number of hydrogen-bond acceptors (Lipinski definition) is 4. The third-order valence-electron chi connectivity index (χ3n) is 3.62. The van der Waals surface area contributed by atoms with Gasteiger partial charge in [-0.3, -0.25) is 0 Å². The predicted molar refractivity (Wildman–Crippen MR) is 94.3 cm³/mol. The zero-order valence-corrected chi connectivity index (χ0v) is 14.5. The highest BCUT2D eigenvalue weighted by molar-refractivity contribution is 7.90. The molecule has 0 atom stereocenters. The number of carbonyl (C=O) groups excluding carboxylic acids is 1. The minimum Gasteiger partial charge on any atom is -0.466 e. The van der Waals surface area contributed by atoms with Crippen molar-refractivity contribution in [3.8, 4) is 0 Å². The van der Waals surface area contributed by atoms with Crippen molar-refractivity contribution in [2.24, 2.45) is 0 Å². The van der Waals surface area contributed by atoms with Crippen LogP contribution in [0.4, 0.5) is 0 Å². The van der Waals surface area contributed by atoms with E-state index in [2.05, 4.69) is 0 Å². The molecule has 0 aliphatic heterocycles. The van der Waals surface area contributed by atoms with Crippen LogP contribution in [0.2, 0.25) is 0 Å². The van der Waals surface area contributed by atoms with E-state index in [-0.39, 0.29) is 5.97 Å². The van der Waals surface area contributed by atoms with Crippen molar-refractivity contribution in [3.63, 3.8) is 0 Å². The normalized spacial score (nSPS) is 12.0. The molecular weight excluding hydrogens is 324 g/mol. The highest BCUT2D eigenvalue weighted by Crippen LogP contribution is 2.17. The zero-order chi connectivity index (χ0) is 17.6. The lowest BCUT2D eigenvalue weighted by Gasteiger charge is -2.07. The molecule has 0 heterocycles. The third-order valence-corrected chi connectivity index (χ3v) is 4.75. The van der Waals surface area contributed by atoms with Crippen LogP contribution in [0.5, 0.6) is 0 Å². The Morgan fingerprint density at radius 3 is 2.21 bits per heavy atom. The third kappa shape index (κ3) is 5.06. The number of benzene rings is 2. The number of esters is 1. The SMILES string of the molecule is COC(=O)/C(=C\c1ccccc1)CCc1ccc(S(C)(=O)=O)cc1. The molecule has 0 saturated heterocycles. The Morgan fingerprint density at radius 1 is 1.04 bits per heavy atom. The summed E-state index contributed by atoms with van der Waals surface area (Å²) < 4.78 is 27.8. The van der Waals surface area contributed by atoms with E-state index in [1.807, 2.05) is 36.4 Å². The second-order valence-electron chi connectivity index (χ2n) is 5.49. The van der Waals surface area contributed by atoms with Crippen LogP contribution in [0.1, 0.15) is 17.5 Å². The molecule has 0 N–H and O–H groups in total. The number of hydrogen-bond donors (Lipinski definition) is 0. The Morgan fingerprint density at radius 2 is 1.67 bits per heavy atom. The predicted octanol–water partition coefficient (Wildman–Crippen LogP) is 3.28. The van der Waals surface area contributed by atoms with Crippen molar-refractivity contribution in [1.29, 1.82) is 0 Å². The number of rotatable bonds is 6. The van der Waals surface area contributed by atoms with Crippen LogP contribution in [0.15, 0.2) is 65.1 Å². The van der Waals surface area contributed by atoms with Gasteiger partial charge in [0, 0.05) is 11.8 Å². The van der Waals surface area contributed by atoms with Crippen LogP contribution >= 0.6 is 0 Å². The first-order valence-electron chi connectivity index (χ1n) is 7.53. The molecule has 0 fully saturated rings. The summed E-state index contributed by atoms with van der Waals surface area (Å²) >= 11 is 0. The van der Waals surface area contributed by atoms with Gasteiger partial charge in [0.05, 0.1) is 12.0 Å². The van der Waals surface area contributed by atoms with Crippen molar-refractivity contribution in [2.75, 3.05) is 13.4 Å². The van der Waals surface area contributed by atoms with Gasteiger partial charge in [0.2, 0.25) is 0 Å². The van der Waals surface area contributed by atoms with E-state index in [1.165, 1.54) is 13.4 Å². The molecule has 2 rings (SSSR count). The molecule has 2 aromatic carbocycles. The fourth-order valence-electron chi connectivity index (χ4n) is 2.30. The summed E-state index contributed by atoms with van der Waals surface area (Å²) in [4.78, 5) is 12.2. The topological polar surface area (TPSA) is 60.4 Å². The summed E-state index contributed by atoms with van der Waals surface area (Å²) in [5.74, 6) is -0.355. The van der Waals surface area contributed by atoms with Crippen LogP contribution in [-0.2, 0) is 25.8 Å². The number of aryl methyl sites for hydroxylation is 1. The monoisotopic (exact) mass is 344 g/mol. The number of ether oxygens (including phenoxy) is 1. The molecular formula is C19H20O4S. The van der Waals surface area contributed by atoms with Crippen LogP contribution in [0.3, 0.4) is 0 Å². The van der Waals surface area contributed by atoms with Crippen molar-refractivity contribution in [1.82, 2.24) is 0 Å². The van der Waals surface area contributed by atoms with E-state index < -0.39 is 9.84 Å². The van der Waals surface area contributed by atoms with Crippen molar-refractivity contribution < 1.29 is 17.9 Å². The smallest absolute Gasteiger partial charge is 0.333 e. The van der Waals surface area contributed by atoms with E-state index in [4.69, 9.17) is 4.74 Å². The fraction of sp³-hybridized carbons (Fsp3) is 0.211. The van der Waals surface area contributed by atoms with Gasteiger partial charge >= 0.3 is 5.97 Å². The summed E-state index contributed by atoms with van der Waals surface area (Å²) in [6.07, 6.45) is 4.13. The maximum absolute atomic E-state index is 12.0. The Kier molecular flexibility index (Phi) is 5.93. The van der Waals surface area contributed by atoms with Gasteiger partial charge in [-0.05, 0) is 42.2 Å². The molecule has 0 bridgehead atoms. The van der Waals surface area contributed by atoms with Gasteiger partial charge in [-0.2, -0.15) is 0 Å². The van der Waals surface area contributed by atoms with Crippen LogP contribution in [-0.4, -0.2) is 27.8 Å². The Balaban J connectivity index is 2.14. The lowest BCUT2D eigenvalue weighted by molar-refractivity contribution is -0.136. The first kappa shape index (κ1) is 17.9. The molecule has 0 aliphatic carbocycles. The van der Waals surface area contributed by atoms with Gasteiger partial charge in [-0.25, -0.2) is 13.2 Å². The number of carbonyl (C=O) groups is 1. The van der Waals surface area contributed by atoms with Gasteiger partial charge in [-0.1, -0.05) is 42.5 Å². The quantitative estimate of drug-likeness (QED) is 0.596. The molecule has 0 unspecified atom stereocenters. The first-order chi connectivity index (χ1) is 11.4. The van der Waals surface area contributed by atoms with E-state index in [1.54, 1.807) is 24.3 Å². The van der Waals surface area contributed by atoms with Crippen molar-refractivity contribution in [2.45, 2.75) is 17.7 Å². The summed E-state index contributed by atoms with van der Waals surface area (Å²) in [5.41, 5.74) is 2.48. The molecule has 4 nitrogen and oxygen atoms in total. The van der Waals surface area contributed by atoms with E-state index in [9.17, 15) is 13.2 Å². The minimum atomic E-state index is -3.19. The van der Waals surface area contributed by atoms with Crippen LogP contribution in [0, 0.1) is 0 Å². The molecule has 0 spiro atoms. The van der Waals surface area contributed by atoms with Gasteiger partial charge < -0.3 is 4.74 Å². The Hall–Kier alpha value is -2.40. The Bertz CT molecular complexity index is 819. The second-order valence-corrected chi connectivity index (χ2v) is 7.50. The van der Waals surface area contributed by atoms with Crippen LogP contribution in [0.25, 0.3) is 6.08 Å². The second kappa shape index (κ2) is 7.93. The summed E-state index contributed by atoms with van der Waals surface area (Å²) in [6.45, 7) is 0. The molecule has 24 heavy (non-hydrogen) atoms. The summed E-state index contributed by atoms with van der Waals surface area (Å²) in [5, 5.41) is 0. The number of methoxy groups -OCH3 is 1. The largest absolute Gasteiger partial charge is 0.466 e. The first-order valence-corrected chi connectivity index (χ1v) is 9.42. The zero-order valence-electron chi connectivity index (χ0n) is 13.7.